The molecular weight excluding hydrogens is 424 g/mol. The summed E-state index contributed by atoms with van der Waals surface area (Å²) in [7, 11) is 0. The van der Waals surface area contributed by atoms with Crippen LogP contribution in [0.1, 0.15) is 12.5 Å². The van der Waals surface area contributed by atoms with Crippen molar-refractivity contribution >= 4 is 40.9 Å². The monoisotopic (exact) mass is 450 g/mol. The van der Waals surface area contributed by atoms with E-state index in [2.05, 4.69) is 37.4 Å². The number of para-hydroxylation sites is 2. The molecule has 0 unspecified atom stereocenters. The number of thioether (sulfide) groups is 1. The van der Waals surface area contributed by atoms with Crippen LogP contribution >= 0.6 is 11.8 Å². The lowest BCUT2D eigenvalue weighted by Gasteiger charge is -2.27. The molecule has 0 saturated carbocycles. The van der Waals surface area contributed by atoms with E-state index in [0.29, 0.717) is 43.4 Å². The second-order valence-corrected chi connectivity index (χ2v) is 8.12. The van der Waals surface area contributed by atoms with Crippen molar-refractivity contribution in [3.8, 4) is 0 Å². The molecule has 1 aromatic heterocycles. The van der Waals surface area contributed by atoms with Gasteiger partial charge in [-0.1, -0.05) is 55.1 Å². The average molecular weight is 451 g/mol. The predicted molar refractivity (Wildman–Crippen MR) is 128 cm³/mol. The van der Waals surface area contributed by atoms with Crippen LogP contribution < -0.4 is 15.5 Å². The molecule has 4 rings (SSSR count). The van der Waals surface area contributed by atoms with Gasteiger partial charge in [0.2, 0.25) is 17.8 Å². The van der Waals surface area contributed by atoms with Crippen molar-refractivity contribution in [3.63, 3.8) is 0 Å². The smallest absolute Gasteiger partial charge is 0.234 e. The first kappa shape index (κ1) is 22.0. The molecule has 166 valence electrons. The molecule has 1 aliphatic rings. The quantitative estimate of drug-likeness (QED) is 0.502. The molecule has 3 aromatic rings. The van der Waals surface area contributed by atoms with Gasteiger partial charge in [0, 0.05) is 24.5 Å². The third-order valence-corrected chi connectivity index (χ3v) is 5.78. The Kier molecular flexibility index (Phi) is 7.52. The summed E-state index contributed by atoms with van der Waals surface area (Å²) >= 11 is 1.29. The van der Waals surface area contributed by atoms with Gasteiger partial charge in [0.05, 0.1) is 19.0 Å². The van der Waals surface area contributed by atoms with Crippen LogP contribution in [0.25, 0.3) is 0 Å². The molecule has 0 spiro atoms. The SMILES string of the molecule is CCc1ccccc1NC(=O)CSc1nc(Nc2ccccc2)nc(N2CCOCC2)n1. The van der Waals surface area contributed by atoms with Crippen LogP contribution in [0, 0.1) is 0 Å². The number of rotatable bonds is 8. The van der Waals surface area contributed by atoms with Gasteiger partial charge in [-0.25, -0.2) is 0 Å². The standard InChI is InChI=1S/C23H26N6O2S/c1-2-17-8-6-7-11-19(17)25-20(30)16-32-23-27-21(24-18-9-4-3-5-10-18)26-22(28-23)29-12-14-31-15-13-29/h3-11H,2,12-16H2,1H3,(H,25,30)(H,24,26,27,28). The van der Waals surface area contributed by atoms with Gasteiger partial charge in [-0.15, -0.1) is 0 Å². The van der Waals surface area contributed by atoms with Crippen LogP contribution in [0.15, 0.2) is 59.8 Å². The lowest BCUT2D eigenvalue weighted by atomic mass is 10.1. The molecule has 0 atom stereocenters. The van der Waals surface area contributed by atoms with Gasteiger partial charge in [-0.05, 0) is 30.2 Å². The molecule has 0 bridgehead atoms. The maximum atomic E-state index is 12.6. The number of nitrogens with one attached hydrogen (secondary N) is 2. The Labute approximate surface area is 191 Å². The van der Waals surface area contributed by atoms with Gasteiger partial charge < -0.3 is 20.3 Å². The largest absolute Gasteiger partial charge is 0.378 e. The number of aryl methyl sites for hydroxylation is 1. The van der Waals surface area contributed by atoms with Crippen LogP contribution in [0.4, 0.5) is 23.3 Å². The first-order valence-corrected chi connectivity index (χ1v) is 11.6. The van der Waals surface area contributed by atoms with Gasteiger partial charge >= 0.3 is 0 Å². The van der Waals surface area contributed by atoms with Crippen molar-refractivity contribution < 1.29 is 9.53 Å². The highest BCUT2D eigenvalue weighted by Gasteiger charge is 2.18. The van der Waals surface area contributed by atoms with E-state index in [4.69, 9.17) is 4.74 Å². The van der Waals surface area contributed by atoms with Crippen molar-refractivity contribution in [1.82, 2.24) is 15.0 Å². The van der Waals surface area contributed by atoms with Crippen molar-refractivity contribution in [3.05, 3.63) is 60.2 Å². The fraction of sp³-hybridized carbons (Fsp3) is 0.304. The summed E-state index contributed by atoms with van der Waals surface area (Å²) in [5.41, 5.74) is 2.84. The number of carbonyl (C=O) groups excluding carboxylic acids is 1. The summed E-state index contributed by atoms with van der Waals surface area (Å²) in [6.45, 7) is 4.77. The highest BCUT2D eigenvalue weighted by molar-refractivity contribution is 7.99. The molecule has 2 heterocycles. The summed E-state index contributed by atoms with van der Waals surface area (Å²) in [5.74, 6) is 1.14. The molecule has 2 aromatic carbocycles. The number of amides is 1. The Morgan fingerprint density at radius 3 is 2.56 bits per heavy atom. The van der Waals surface area contributed by atoms with Gasteiger partial charge in [0.1, 0.15) is 0 Å². The van der Waals surface area contributed by atoms with Gasteiger partial charge in [-0.3, -0.25) is 4.79 Å². The fourth-order valence-electron chi connectivity index (χ4n) is 3.29. The molecule has 1 amide bonds. The fourth-order valence-corrected chi connectivity index (χ4v) is 3.92. The van der Waals surface area contributed by atoms with E-state index in [1.165, 1.54) is 11.8 Å². The van der Waals surface area contributed by atoms with Crippen LogP contribution in [0.2, 0.25) is 0 Å². The summed E-state index contributed by atoms with van der Waals surface area (Å²) in [6.07, 6.45) is 0.856. The Balaban J connectivity index is 1.48. The zero-order valence-electron chi connectivity index (χ0n) is 18.0. The lowest BCUT2D eigenvalue weighted by Crippen LogP contribution is -2.37. The number of hydrogen-bond acceptors (Lipinski definition) is 8. The molecular formula is C23H26N6O2S. The van der Waals surface area contributed by atoms with Crippen LogP contribution in [0.3, 0.4) is 0 Å². The van der Waals surface area contributed by atoms with Crippen molar-refractivity contribution in [1.29, 1.82) is 0 Å². The first-order valence-electron chi connectivity index (χ1n) is 10.6. The van der Waals surface area contributed by atoms with E-state index in [-0.39, 0.29) is 11.7 Å². The highest BCUT2D eigenvalue weighted by Crippen LogP contribution is 2.22. The van der Waals surface area contributed by atoms with Crippen molar-refractivity contribution in [2.75, 3.05) is 47.6 Å². The third kappa shape index (κ3) is 5.95. The minimum Gasteiger partial charge on any atom is -0.378 e. The van der Waals surface area contributed by atoms with Crippen LogP contribution in [0.5, 0.6) is 0 Å². The van der Waals surface area contributed by atoms with E-state index in [1.807, 2.05) is 54.6 Å². The van der Waals surface area contributed by atoms with Gasteiger partial charge in [0.15, 0.2) is 5.16 Å². The third-order valence-electron chi connectivity index (χ3n) is 4.93. The molecule has 9 heteroatoms. The Morgan fingerprint density at radius 1 is 1.03 bits per heavy atom. The minimum atomic E-state index is -0.0956. The van der Waals surface area contributed by atoms with Crippen molar-refractivity contribution in [2.45, 2.75) is 18.5 Å². The van der Waals surface area contributed by atoms with E-state index < -0.39 is 0 Å². The number of ether oxygens (including phenoxy) is 1. The number of aromatic nitrogens is 3. The maximum Gasteiger partial charge on any atom is 0.234 e. The molecule has 8 nitrogen and oxygen atoms in total. The maximum absolute atomic E-state index is 12.6. The second kappa shape index (κ2) is 10.9. The second-order valence-electron chi connectivity index (χ2n) is 7.18. The molecule has 1 saturated heterocycles. The molecule has 32 heavy (non-hydrogen) atoms. The molecule has 1 aliphatic heterocycles. The summed E-state index contributed by atoms with van der Waals surface area (Å²) in [6, 6.07) is 17.6. The number of anilines is 4. The van der Waals surface area contributed by atoms with E-state index in [0.717, 1.165) is 23.4 Å². The molecule has 2 N–H and O–H groups in total. The molecule has 1 fully saturated rings. The number of carbonyl (C=O) groups is 1. The minimum absolute atomic E-state index is 0.0956. The van der Waals surface area contributed by atoms with Crippen molar-refractivity contribution in [2.24, 2.45) is 0 Å². The van der Waals surface area contributed by atoms with Gasteiger partial charge in [-0.2, -0.15) is 15.0 Å². The number of morpholine rings is 1. The topological polar surface area (TPSA) is 92.3 Å². The van der Waals surface area contributed by atoms with E-state index in [9.17, 15) is 4.79 Å². The first-order chi connectivity index (χ1) is 15.7. The Hall–Kier alpha value is -3.17. The Morgan fingerprint density at radius 2 is 1.78 bits per heavy atom. The summed E-state index contributed by atoms with van der Waals surface area (Å²) in [4.78, 5) is 28.4. The average Bonchev–Trinajstić information content (AvgIpc) is 2.84. The van der Waals surface area contributed by atoms with E-state index in [1.54, 1.807) is 0 Å². The summed E-state index contributed by atoms with van der Waals surface area (Å²) < 4.78 is 5.45. The zero-order valence-corrected chi connectivity index (χ0v) is 18.8. The van der Waals surface area contributed by atoms with E-state index >= 15 is 0 Å². The number of nitrogens with zero attached hydrogens (tertiary/aromatic N) is 4. The van der Waals surface area contributed by atoms with Crippen LogP contribution in [-0.4, -0.2) is 52.9 Å². The normalized spacial score (nSPS) is 13.6. The van der Waals surface area contributed by atoms with Crippen LogP contribution in [-0.2, 0) is 16.0 Å². The molecule has 0 aliphatic carbocycles. The lowest BCUT2D eigenvalue weighted by molar-refractivity contribution is -0.113. The number of benzene rings is 2. The van der Waals surface area contributed by atoms with Gasteiger partial charge in [0.25, 0.3) is 0 Å². The summed E-state index contributed by atoms with van der Waals surface area (Å²) in [5, 5.41) is 6.72. The number of hydrogen-bond donors (Lipinski definition) is 2. The predicted octanol–water partition coefficient (Wildman–Crippen LogP) is 3.75. The zero-order chi connectivity index (χ0) is 22.2. The molecule has 0 radical (unpaired) electrons. The highest BCUT2D eigenvalue weighted by atomic mass is 32.2. The Bertz CT molecular complexity index is 1040.